The normalized spacial score (nSPS) is 10.7. The molecular formula is C7H14N4O. The molecule has 0 aromatic carbocycles. The summed E-state index contributed by atoms with van der Waals surface area (Å²) in [7, 11) is 0. The van der Waals surface area contributed by atoms with E-state index in [9.17, 15) is 5.11 Å². The van der Waals surface area contributed by atoms with Crippen LogP contribution in [0.15, 0.2) is 0 Å². The van der Waals surface area contributed by atoms with E-state index in [1.165, 1.54) is 0 Å². The van der Waals surface area contributed by atoms with Crippen LogP contribution in [-0.2, 0) is 6.54 Å². The molecule has 0 aliphatic carbocycles. The van der Waals surface area contributed by atoms with E-state index in [-0.39, 0.29) is 18.5 Å². The summed E-state index contributed by atoms with van der Waals surface area (Å²) in [6, 6.07) is 0.279. The number of nitrogens with one attached hydrogen (secondary N) is 2. The highest BCUT2D eigenvalue weighted by Crippen LogP contribution is 2.15. The zero-order valence-corrected chi connectivity index (χ0v) is 7.26. The van der Waals surface area contributed by atoms with E-state index in [0.29, 0.717) is 11.6 Å². The number of nitrogens with zero attached hydrogens (tertiary/aromatic N) is 1. The summed E-state index contributed by atoms with van der Waals surface area (Å²) in [5.74, 6) is 0.531. The monoisotopic (exact) mass is 170 g/mol. The second-order valence-electron chi connectivity index (χ2n) is 2.89. The van der Waals surface area contributed by atoms with Crippen molar-refractivity contribution in [3.63, 3.8) is 0 Å². The largest absolute Gasteiger partial charge is 0.492 e. The van der Waals surface area contributed by atoms with Crippen molar-refractivity contribution in [3.8, 4) is 5.88 Å². The molecule has 68 valence electrons. The quantitative estimate of drug-likeness (QED) is 0.528. The van der Waals surface area contributed by atoms with Crippen molar-refractivity contribution in [3.05, 3.63) is 5.69 Å². The Morgan fingerprint density at radius 1 is 1.67 bits per heavy atom. The Labute approximate surface area is 71.0 Å². The van der Waals surface area contributed by atoms with Crippen LogP contribution in [0.25, 0.3) is 0 Å². The fourth-order valence-electron chi connectivity index (χ4n) is 0.884. The lowest BCUT2D eigenvalue weighted by Gasteiger charge is -2.04. The van der Waals surface area contributed by atoms with Crippen molar-refractivity contribution in [2.45, 2.75) is 26.4 Å². The first kappa shape index (κ1) is 8.86. The highest BCUT2D eigenvalue weighted by Gasteiger charge is 2.06. The maximum Gasteiger partial charge on any atom is 0.235 e. The lowest BCUT2D eigenvalue weighted by atomic mass is 10.4. The summed E-state index contributed by atoms with van der Waals surface area (Å²) < 4.78 is 0. The van der Waals surface area contributed by atoms with Gasteiger partial charge in [0.15, 0.2) is 0 Å². The number of H-pyrrole nitrogens is 1. The smallest absolute Gasteiger partial charge is 0.235 e. The van der Waals surface area contributed by atoms with Crippen molar-refractivity contribution in [2.24, 2.45) is 5.73 Å². The van der Waals surface area contributed by atoms with E-state index in [1.807, 2.05) is 13.8 Å². The molecule has 5 N–H and O–H groups in total. The lowest BCUT2D eigenvalue weighted by molar-refractivity contribution is 0.450. The third-order valence-corrected chi connectivity index (χ3v) is 1.39. The first-order valence-corrected chi connectivity index (χ1v) is 3.88. The number of hydrogen-bond acceptors (Lipinski definition) is 4. The minimum Gasteiger partial charge on any atom is -0.492 e. The summed E-state index contributed by atoms with van der Waals surface area (Å²) in [4.78, 5) is 6.70. The molecule has 12 heavy (non-hydrogen) atoms. The summed E-state index contributed by atoms with van der Waals surface area (Å²) in [6.07, 6.45) is 0. The first-order chi connectivity index (χ1) is 5.63. The van der Waals surface area contributed by atoms with Crippen molar-refractivity contribution in [1.82, 2.24) is 9.97 Å². The van der Waals surface area contributed by atoms with Crippen LogP contribution in [0.1, 0.15) is 19.5 Å². The maximum atomic E-state index is 9.18. The van der Waals surface area contributed by atoms with E-state index >= 15 is 0 Å². The number of hydrogen-bond donors (Lipinski definition) is 4. The number of nitrogens with two attached hydrogens (primary N) is 1. The van der Waals surface area contributed by atoms with E-state index in [0.717, 1.165) is 0 Å². The van der Waals surface area contributed by atoms with Crippen LogP contribution in [0.4, 0.5) is 5.95 Å². The second-order valence-corrected chi connectivity index (χ2v) is 2.89. The average Bonchev–Trinajstić information content (AvgIpc) is 2.29. The van der Waals surface area contributed by atoms with Gasteiger partial charge in [0.1, 0.15) is 0 Å². The van der Waals surface area contributed by atoms with Crippen molar-refractivity contribution < 1.29 is 5.11 Å². The summed E-state index contributed by atoms with van der Waals surface area (Å²) in [6.45, 7) is 4.24. The van der Waals surface area contributed by atoms with Crippen molar-refractivity contribution >= 4 is 5.95 Å². The zero-order chi connectivity index (χ0) is 9.14. The SMILES string of the molecule is CC(C)Nc1nc(O)c(CN)[nH]1. The molecule has 0 saturated carbocycles. The molecule has 0 fully saturated rings. The topological polar surface area (TPSA) is 87.0 Å². The van der Waals surface area contributed by atoms with Gasteiger partial charge in [-0.1, -0.05) is 0 Å². The summed E-state index contributed by atoms with van der Waals surface area (Å²) >= 11 is 0. The van der Waals surface area contributed by atoms with Crippen LogP contribution >= 0.6 is 0 Å². The van der Waals surface area contributed by atoms with Gasteiger partial charge in [0.2, 0.25) is 11.8 Å². The summed E-state index contributed by atoms with van der Waals surface area (Å²) in [5, 5.41) is 12.2. The third-order valence-electron chi connectivity index (χ3n) is 1.39. The fourth-order valence-corrected chi connectivity index (χ4v) is 0.884. The van der Waals surface area contributed by atoms with Crippen LogP contribution in [0.5, 0.6) is 5.88 Å². The minimum atomic E-state index is -0.0272. The Morgan fingerprint density at radius 2 is 2.33 bits per heavy atom. The third kappa shape index (κ3) is 1.88. The Kier molecular flexibility index (Phi) is 2.54. The van der Waals surface area contributed by atoms with E-state index in [1.54, 1.807) is 0 Å². The lowest BCUT2D eigenvalue weighted by Crippen LogP contribution is -2.10. The van der Waals surface area contributed by atoms with Gasteiger partial charge in [0.05, 0.1) is 5.69 Å². The predicted molar refractivity (Wildman–Crippen MR) is 46.9 cm³/mol. The molecule has 1 aromatic heterocycles. The molecule has 0 unspecified atom stereocenters. The Hall–Kier alpha value is -1.23. The number of aromatic nitrogens is 2. The molecule has 0 amide bonds. The van der Waals surface area contributed by atoms with Crippen molar-refractivity contribution in [1.29, 1.82) is 0 Å². The predicted octanol–water partition coefficient (Wildman–Crippen LogP) is 0.394. The Morgan fingerprint density at radius 3 is 2.75 bits per heavy atom. The number of anilines is 1. The van der Waals surface area contributed by atoms with E-state index in [2.05, 4.69) is 15.3 Å². The highest BCUT2D eigenvalue weighted by atomic mass is 16.3. The zero-order valence-electron chi connectivity index (χ0n) is 7.26. The van der Waals surface area contributed by atoms with Gasteiger partial charge in [-0.2, -0.15) is 4.98 Å². The Bertz CT molecular complexity index is 256. The number of aromatic amines is 1. The molecule has 1 aromatic rings. The highest BCUT2D eigenvalue weighted by molar-refractivity contribution is 5.34. The molecule has 0 saturated heterocycles. The van der Waals surface area contributed by atoms with Gasteiger partial charge in [-0.25, -0.2) is 0 Å². The van der Waals surface area contributed by atoms with E-state index in [4.69, 9.17) is 5.73 Å². The molecule has 5 heteroatoms. The van der Waals surface area contributed by atoms with Crippen molar-refractivity contribution in [2.75, 3.05) is 5.32 Å². The molecule has 1 rings (SSSR count). The molecule has 1 heterocycles. The first-order valence-electron chi connectivity index (χ1n) is 3.88. The molecular weight excluding hydrogens is 156 g/mol. The van der Waals surface area contributed by atoms with Gasteiger partial charge in [-0.05, 0) is 13.8 Å². The second kappa shape index (κ2) is 3.44. The minimum absolute atomic E-state index is 0.0272. The van der Waals surface area contributed by atoms with Gasteiger partial charge < -0.3 is 21.1 Å². The number of aromatic hydroxyl groups is 1. The van der Waals surface area contributed by atoms with E-state index < -0.39 is 0 Å². The van der Waals surface area contributed by atoms with Crippen LogP contribution in [0.3, 0.4) is 0 Å². The van der Waals surface area contributed by atoms with Gasteiger partial charge in [0, 0.05) is 12.6 Å². The van der Waals surface area contributed by atoms with Gasteiger partial charge in [0.25, 0.3) is 0 Å². The molecule has 0 aliphatic heterocycles. The fraction of sp³-hybridized carbons (Fsp3) is 0.571. The molecule has 0 aliphatic rings. The average molecular weight is 170 g/mol. The van der Waals surface area contributed by atoms with Crippen LogP contribution < -0.4 is 11.1 Å². The summed E-state index contributed by atoms with van der Waals surface area (Å²) in [5.41, 5.74) is 5.89. The van der Waals surface area contributed by atoms with Gasteiger partial charge in [-0.15, -0.1) is 0 Å². The molecule has 0 bridgehead atoms. The van der Waals surface area contributed by atoms with Crippen LogP contribution in [0.2, 0.25) is 0 Å². The van der Waals surface area contributed by atoms with Crippen LogP contribution in [0, 0.1) is 0 Å². The van der Waals surface area contributed by atoms with Crippen LogP contribution in [-0.4, -0.2) is 21.1 Å². The van der Waals surface area contributed by atoms with Gasteiger partial charge in [-0.3, -0.25) is 0 Å². The molecule has 0 atom stereocenters. The molecule has 0 radical (unpaired) electrons. The maximum absolute atomic E-state index is 9.18. The molecule has 5 nitrogen and oxygen atoms in total. The Balaban J connectivity index is 2.75. The number of imidazole rings is 1. The standard InChI is InChI=1S/C7H14N4O/c1-4(2)9-7-10-5(3-8)6(12)11-7/h4,12H,3,8H2,1-2H3,(H2,9,10,11). The number of rotatable bonds is 3. The molecule has 0 spiro atoms. The van der Waals surface area contributed by atoms with Gasteiger partial charge >= 0.3 is 0 Å².